The average Bonchev–Trinajstić information content (AvgIpc) is 2.75. The van der Waals surface area contributed by atoms with Gasteiger partial charge in [0.2, 0.25) is 5.82 Å². The first-order chi connectivity index (χ1) is 16.4. The van der Waals surface area contributed by atoms with E-state index in [0.29, 0.717) is 6.42 Å². The van der Waals surface area contributed by atoms with E-state index >= 15 is 0 Å². The van der Waals surface area contributed by atoms with Gasteiger partial charge in [0.05, 0.1) is 24.2 Å². The van der Waals surface area contributed by atoms with Gasteiger partial charge in [0, 0.05) is 6.54 Å². The molecule has 1 unspecified atom stereocenters. The molecule has 1 rings (SSSR count). The summed E-state index contributed by atoms with van der Waals surface area (Å²) in [5.41, 5.74) is -1.08. The Kier molecular flexibility index (Phi) is 13.5. The maximum Gasteiger partial charge on any atom is 0.288 e. The Hall–Kier alpha value is -1.45. The normalized spacial score (nSPS) is 13.3. The predicted octanol–water partition coefficient (Wildman–Crippen LogP) is 8.09. The van der Waals surface area contributed by atoms with Gasteiger partial charge in [-0.05, 0) is 48.0 Å². The first-order valence-corrected chi connectivity index (χ1v) is 12.6. The topological polar surface area (TPSA) is 39.7 Å². The summed E-state index contributed by atoms with van der Waals surface area (Å²) in [6.45, 7) is 12.8. The highest BCUT2D eigenvalue weighted by Gasteiger charge is 2.45. The van der Waals surface area contributed by atoms with Crippen molar-refractivity contribution >= 4 is 5.69 Å². The average molecular weight is 512 g/mol. The molecule has 0 spiro atoms. The lowest BCUT2D eigenvalue weighted by Gasteiger charge is -2.43. The van der Waals surface area contributed by atoms with Crippen LogP contribution >= 0.6 is 0 Å². The van der Waals surface area contributed by atoms with Crippen molar-refractivity contribution in [2.45, 2.75) is 118 Å². The molecule has 1 aromatic rings. The number of ether oxygens (including phenoxy) is 3. The fourth-order valence-electron chi connectivity index (χ4n) is 3.92. The summed E-state index contributed by atoms with van der Waals surface area (Å²) in [6, 6.07) is 0. The Morgan fingerprint density at radius 3 is 1.46 bits per heavy atom. The Morgan fingerprint density at radius 1 is 0.629 bits per heavy atom. The van der Waals surface area contributed by atoms with Crippen molar-refractivity contribution in [3.63, 3.8) is 0 Å². The van der Waals surface area contributed by atoms with Gasteiger partial charge in [-0.25, -0.2) is 22.0 Å². The first kappa shape index (κ1) is 31.6. The third-order valence-electron chi connectivity index (χ3n) is 5.34. The van der Waals surface area contributed by atoms with E-state index in [-0.39, 0.29) is 24.9 Å². The summed E-state index contributed by atoms with van der Waals surface area (Å²) >= 11 is 0. The maximum atomic E-state index is 14.3. The summed E-state index contributed by atoms with van der Waals surface area (Å²) in [5.74, 6) is -12.2. The van der Waals surface area contributed by atoms with E-state index < -0.39 is 46.7 Å². The van der Waals surface area contributed by atoms with Crippen molar-refractivity contribution in [2.24, 2.45) is 5.92 Å². The van der Waals surface area contributed by atoms with Crippen molar-refractivity contribution in [1.82, 2.24) is 0 Å². The lowest BCUT2D eigenvalue weighted by molar-refractivity contribution is -0.430. The van der Waals surface area contributed by atoms with Gasteiger partial charge in [0.1, 0.15) is 5.69 Å². The van der Waals surface area contributed by atoms with Gasteiger partial charge >= 0.3 is 0 Å². The fourth-order valence-corrected chi connectivity index (χ4v) is 3.92. The number of unbranched alkanes of at least 4 members (excludes halogenated alkanes) is 5. The molecule has 0 radical (unpaired) electrons. The van der Waals surface area contributed by atoms with Crippen molar-refractivity contribution in [3.05, 3.63) is 29.1 Å². The smallest absolute Gasteiger partial charge is 0.288 e. The van der Waals surface area contributed by atoms with Crippen LogP contribution in [0.4, 0.5) is 27.6 Å². The molecule has 1 aromatic carbocycles. The lowest BCUT2D eigenvalue weighted by Crippen LogP contribution is -2.52. The molecule has 4 nitrogen and oxygen atoms in total. The van der Waals surface area contributed by atoms with E-state index in [9.17, 15) is 22.0 Å². The molecular formula is C26H42F5NO3. The van der Waals surface area contributed by atoms with Crippen LogP contribution in [0, 0.1) is 35.0 Å². The van der Waals surface area contributed by atoms with Gasteiger partial charge in [-0.3, -0.25) is 0 Å². The summed E-state index contributed by atoms with van der Waals surface area (Å²) in [6.07, 6.45) is 5.56. The maximum absolute atomic E-state index is 14.3. The van der Waals surface area contributed by atoms with E-state index in [0.717, 1.165) is 38.5 Å². The number of nitrogens with one attached hydrogen (secondary N) is 1. The van der Waals surface area contributed by atoms with Crippen LogP contribution < -0.4 is 5.32 Å². The van der Waals surface area contributed by atoms with Gasteiger partial charge < -0.3 is 19.5 Å². The second-order valence-corrected chi connectivity index (χ2v) is 9.68. The van der Waals surface area contributed by atoms with Gasteiger partial charge in [-0.15, -0.1) is 0 Å². The molecule has 35 heavy (non-hydrogen) atoms. The summed E-state index contributed by atoms with van der Waals surface area (Å²) in [4.78, 5) is 0. The zero-order chi connectivity index (χ0) is 26.8. The highest BCUT2D eigenvalue weighted by molar-refractivity contribution is 5.47. The van der Waals surface area contributed by atoms with Gasteiger partial charge in [-0.2, -0.15) is 0 Å². The lowest BCUT2D eigenvalue weighted by atomic mass is 9.96. The van der Waals surface area contributed by atoms with Crippen molar-refractivity contribution in [3.8, 4) is 0 Å². The first-order valence-electron chi connectivity index (χ1n) is 12.6. The molecular weight excluding hydrogens is 469 g/mol. The number of anilines is 1. The molecule has 204 valence electrons. The highest BCUT2D eigenvalue weighted by atomic mass is 19.2. The van der Waals surface area contributed by atoms with E-state index in [1.165, 1.54) is 0 Å². The Balaban J connectivity index is 3.32. The van der Waals surface area contributed by atoms with E-state index in [1.807, 2.05) is 0 Å². The Morgan fingerprint density at radius 2 is 1.03 bits per heavy atom. The summed E-state index contributed by atoms with van der Waals surface area (Å²) in [5, 5.41) is 2.44. The molecule has 9 heteroatoms. The van der Waals surface area contributed by atoms with E-state index in [4.69, 9.17) is 14.2 Å². The fraction of sp³-hybridized carbons (Fsp3) is 0.769. The standard InChI is InChI=1S/C26H42F5NO3/c1-8-9-10-11-12-13-14-19(26(33-16(2)3,34-17(4)5)35-18(6)7)15-32-25-23(30)21(28)20(27)22(29)24(25)31/h16-19,32H,8-15H2,1-7H3. The monoisotopic (exact) mass is 511 g/mol. The number of benzene rings is 1. The number of hydrogen-bond acceptors (Lipinski definition) is 4. The third kappa shape index (κ3) is 9.50. The molecule has 1 N–H and O–H groups in total. The molecule has 0 bridgehead atoms. The minimum absolute atomic E-state index is 0.195. The van der Waals surface area contributed by atoms with Crippen molar-refractivity contribution in [1.29, 1.82) is 0 Å². The molecule has 0 aliphatic heterocycles. The van der Waals surface area contributed by atoms with Crippen molar-refractivity contribution in [2.75, 3.05) is 11.9 Å². The molecule has 0 aromatic heterocycles. The minimum Gasteiger partial charge on any atom is -0.380 e. The quantitative estimate of drug-likeness (QED) is 0.0754. The van der Waals surface area contributed by atoms with Crippen LogP contribution in [0.2, 0.25) is 0 Å². The second-order valence-electron chi connectivity index (χ2n) is 9.68. The SMILES string of the molecule is CCCCCCCCC(CNc1c(F)c(F)c(F)c(F)c1F)C(OC(C)C)(OC(C)C)OC(C)C. The Labute approximate surface area is 206 Å². The van der Waals surface area contributed by atoms with Gasteiger partial charge in [-0.1, -0.05) is 45.4 Å². The van der Waals surface area contributed by atoms with E-state index in [2.05, 4.69) is 12.2 Å². The Bertz CT molecular complexity index is 718. The van der Waals surface area contributed by atoms with Crippen LogP contribution in [-0.4, -0.2) is 30.8 Å². The molecule has 0 saturated carbocycles. The van der Waals surface area contributed by atoms with Crippen molar-refractivity contribution < 1.29 is 36.2 Å². The molecule has 0 saturated heterocycles. The largest absolute Gasteiger partial charge is 0.380 e. The number of hydrogen-bond donors (Lipinski definition) is 1. The summed E-state index contributed by atoms with van der Waals surface area (Å²) < 4.78 is 88.1. The van der Waals surface area contributed by atoms with Crippen LogP contribution in [0.1, 0.15) is 93.4 Å². The number of halogens is 5. The molecule has 0 fully saturated rings. The zero-order valence-electron chi connectivity index (χ0n) is 22.1. The molecule has 1 atom stereocenters. The molecule has 0 aliphatic carbocycles. The highest BCUT2D eigenvalue weighted by Crippen LogP contribution is 2.35. The van der Waals surface area contributed by atoms with Gasteiger partial charge in [0.25, 0.3) is 5.97 Å². The second kappa shape index (κ2) is 15.0. The molecule has 0 heterocycles. The number of rotatable bonds is 17. The van der Waals surface area contributed by atoms with Crippen LogP contribution in [0.5, 0.6) is 0 Å². The van der Waals surface area contributed by atoms with Crippen LogP contribution in [0.3, 0.4) is 0 Å². The van der Waals surface area contributed by atoms with Gasteiger partial charge in [0.15, 0.2) is 23.3 Å². The predicted molar refractivity (Wildman–Crippen MR) is 128 cm³/mol. The minimum atomic E-state index is -2.20. The van der Waals surface area contributed by atoms with Crippen LogP contribution in [0.15, 0.2) is 0 Å². The van der Waals surface area contributed by atoms with E-state index in [1.54, 1.807) is 41.5 Å². The molecule has 0 amide bonds. The third-order valence-corrected chi connectivity index (χ3v) is 5.34. The molecule has 0 aliphatic rings. The summed E-state index contributed by atoms with van der Waals surface area (Å²) in [7, 11) is 0. The zero-order valence-corrected chi connectivity index (χ0v) is 22.1. The van der Waals surface area contributed by atoms with Crippen LogP contribution in [-0.2, 0) is 14.2 Å². The van der Waals surface area contributed by atoms with Crippen LogP contribution in [0.25, 0.3) is 0 Å².